The molecule has 1 aliphatic heterocycles. The number of hydrogen-bond donors (Lipinski definition) is 1. The zero-order chi connectivity index (χ0) is 22.7. The van der Waals surface area contributed by atoms with Gasteiger partial charge in [0, 0.05) is 12.1 Å². The summed E-state index contributed by atoms with van der Waals surface area (Å²) < 4.78 is 0. The third-order valence-electron chi connectivity index (χ3n) is 5.46. The molecule has 3 aromatic rings. The van der Waals surface area contributed by atoms with Crippen molar-refractivity contribution in [3.05, 3.63) is 107 Å². The third-order valence-corrected chi connectivity index (χ3v) is 5.46. The minimum Gasteiger partial charge on any atom is -0.344 e. The average Bonchev–Trinajstić information content (AvgIpc) is 3.04. The molecule has 3 aromatic carbocycles. The lowest BCUT2D eigenvalue weighted by molar-refractivity contribution is 0.0642. The summed E-state index contributed by atoms with van der Waals surface area (Å²) in [6, 6.07) is 23.5. The maximum absolute atomic E-state index is 13.0. The number of benzene rings is 3. The molecule has 6 heteroatoms. The van der Waals surface area contributed by atoms with Gasteiger partial charge in [0.1, 0.15) is 0 Å². The summed E-state index contributed by atoms with van der Waals surface area (Å²) >= 11 is 0. The molecular formula is C26H25N3O3. The van der Waals surface area contributed by atoms with Crippen molar-refractivity contribution in [2.24, 2.45) is 0 Å². The highest BCUT2D eigenvalue weighted by Crippen LogP contribution is 2.24. The molecule has 4 rings (SSSR count). The van der Waals surface area contributed by atoms with Crippen LogP contribution in [0.4, 0.5) is 0 Å². The predicted molar refractivity (Wildman–Crippen MR) is 122 cm³/mol. The molecule has 0 fully saturated rings. The Hall–Kier alpha value is -3.77. The van der Waals surface area contributed by atoms with Crippen LogP contribution in [0.2, 0.25) is 0 Å². The topological polar surface area (TPSA) is 69.7 Å². The second-order valence-corrected chi connectivity index (χ2v) is 8.14. The van der Waals surface area contributed by atoms with Crippen molar-refractivity contribution >= 4 is 17.7 Å². The van der Waals surface area contributed by atoms with Gasteiger partial charge in [-0.1, -0.05) is 54.6 Å². The Morgan fingerprint density at radius 1 is 0.875 bits per heavy atom. The largest absolute Gasteiger partial charge is 0.344 e. The number of hydrogen-bond acceptors (Lipinski definition) is 4. The molecule has 162 valence electrons. The van der Waals surface area contributed by atoms with Crippen molar-refractivity contribution in [2.45, 2.75) is 12.6 Å². The molecule has 1 aliphatic rings. The van der Waals surface area contributed by atoms with Crippen LogP contribution < -0.4 is 5.32 Å². The number of fused-ring (bicyclic) bond motifs is 1. The van der Waals surface area contributed by atoms with E-state index in [1.165, 1.54) is 4.90 Å². The molecule has 0 aromatic heterocycles. The molecule has 0 saturated carbocycles. The van der Waals surface area contributed by atoms with Crippen LogP contribution in [-0.4, -0.2) is 48.2 Å². The van der Waals surface area contributed by atoms with E-state index < -0.39 is 0 Å². The Morgan fingerprint density at radius 2 is 1.50 bits per heavy atom. The SMILES string of the molecule is CN(C)CC(NC(=O)c1cccc(CN2C(=O)c3ccccc3C2=O)c1)c1ccccc1. The minimum atomic E-state index is -0.310. The van der Waals surface area contributed by atoms with E-state index >= 15 is 0 Å². The van der Waals surface area contributed by atoms with Gasteiger partial charge in [0.2, 0.25) is 0 Å². The maximum Gasteiger partial charge on any atom is 0.261 e. The van der Waals surface area contributed by atoms with Crippen LogP contribution in [0.1, 0.15) is 48.2 Å². The predicted octanol–water partition coefficient (Wildman–Crippen LogP) is 3.52. The molecule has 0 spiro atoms. The van der Waals surface area contributed by atoms with Crippen LogP contribution in [0.25, 0.3) is 0 Å². The quantitative estimate of drug-likeness (QED) is 0.586. The normalized spacial score (nSPS) is 13.9. The van der Waals surface area contributed by atoms with Gasteiger partial charge in [-0.05, 0) is 49.5 Å². The first-order valence-electron chi connectivity index (χ1n) is 10.5. The van der Waals surface area contributed by atoms with E-state index in [2.05, 4.69) is 5.32 Å². The van der Waals surface area contributed by atoms with Gasteiger partial charge in [-0.2, -0.15) is 0 Å². The van der Waals surface area contributed by atoms with Crippen LogP contribution in [0.3, 0.4) is 0 Å². The summed E-state index contributed by atoms with van der Waals surface area (Å²) in [5.41, 5.74) is 3.06. The van der Waals surface area contributed by atoms with Gasteiger partial charge in [0.05, 0.1) is 23.7 Å². The van der Waals surface area contributed by atoms with E-state index in [0.29, 0.717) is 23.2 Å². The number of likely N-dealkylation sites (N-methyl/N-ethyl adjacent to an activating group) is 1. The van der Waals surface area contributed by atoms with Crippen molar-refractivity contribution in [1.29, 1.82) is 0 Å². The van der Waals surface area contributed by atoms with Crippen molar-refractivity contribution in [2.75, 3.05) is 20.6 Å². The molecule has 1 atom stereocenters. The van der Waals surface area contributed by atoms with Crippen LogP contribution in [0.5, 0.6) is 0 Å². The van der Waals surface area contributed by atoms with Crippen molar-refractivity contribution in [3.63, 3.8) is 0 Å². The molecule has 1 heterocycles. The first kappa shape index (κ1) is 21.5. The first-order chi connectivity index (χ1) is 15.4. The second kappa shape index (κ2) is 9.16. The summed E-state index contributed by atoms with van der Waals surface area (Å²) in [5.74, 6) is -0.823. The van der Waals surface area contributed by atoms with Gasteiger partial charge in [-0.25, -0.2) is 0 Å². The van der Waals surface area contributed by atoms with Crippen LogP contribution in [0.15, 0.2) is 78.9 Å². The summed E-state index contributed by atoms with van der Waals surface area (Å²) in [6.45, 7) is 0.776. The average molecular weight is 428 g/mol. The maximum atomic E-state index is 13.0. The molecule has 6 nitrogen and oxygen atoms in total. The van der Waals surface area contributed by atoms with Gasteiger partial charge in [0.25, 0.3) is 17.7 Å². The summed E-state index contributed by atoms with van der Waals surface area (Å²) in [4.78, 5) is 41.6. The standard InChI is InChI=1S/C26H25N3O3/c1-28(2)17-23(19-10-4-3-5-11-19)27-24(30)20-12-8-9-18(15-20)16-29-25(31)21-13-6-7-14-22(21)26(29)32/h3-15,23H,16-17H2,1-2H3,(H,27,30). The van der Waals surface area contributed by atoms with Gasteiger partial charge in [-0.3, -0.25) is 19.3 Å². The summed E-state index contributed by atoms with van der Waals surface area (Å²) in [6.07, 6.45) is 0. The fourth-order valence-electron chi connectivity index (χ4n) is 3.90. The third kappa shape index (κ3) is 4.45. The zero-order valence-corrected chi connectivity index (χ0v) is 18.1. The lowest BCUT2D eigenvalue weighted by Crippen LogP contribution is -2.35. The Kier molecular flexibility index (Phi) is 6.14. The van der Waals surface area contributed by atoms with Crippen molar-refractivity contribution in [3.8, 4) is 0 Å². The zero-order valence-electron chi connectivity index (χ0n) is 18.1. The van der Waals surface area contributed by atoms with Crippen LogP contribution in [-0.2, 0) is 6.54 Å². The Labute approximate surface area is 187 Å². The summed E-state index contributed by atoms with van der Waals surface area (Å²) in [5, 5.41) is 3.11. The molecule has 3 amide bonds. The van der Waals surface area contributed by atoms with E-state index in [4.69, 9.17) is 0 Å². The Bertz CT molecular complexity index is 1120. The highest BCUT2D eigenvalue weighted by molar-refractivity contribution is 6.21. The highest BCUT2D eigenvalue weighted by Gasteiger charge is 2.35. The smallest absolute Gasteiger partial charge is 0.261 e. The second-order valence-electron chi connectivity index (χ2n) is 8.14. The first-order valence-corrected chi connectivity index (χ1v) is 10.5. The molecule has 0 bridgehead atoms. The van der Waals surface area contributed by atoms with Crippen molar-refractivity contribution in [1.82, 2.24) is 15.1 Å². The van der Waals surface area contributed by atoms with Gasteiger partial charge in [0.15, 0.2) is 0 Å². The number of amides is 3. The molecule has 1 N–H and O–H groups in total. The lowest BCUT2D eigenvalue weighted by Gasteiger charge is -2.23. The van der Waals surface area contributed by atoms with E-state index in [1.54, 1.807) is 42.5 Å². The minimum absolute atomic E-state index is 0.118. The number of nitrogens with zero attached hydrogens (tertiary/aromatic N) is 2. The molecule has 0 saturated heterocycles. The molecule has 1 unspecified atom stereocenters. The fraction of sp³-hybridized carbons (Fsp3) is 0.192. The highest BCUT2D eigenvalue weighted by atomic mass is 16.2. The van der Waals surface area contributed by atoms with E-state index in [-0.39, 0.29) is 30.3 Å². The van der Waals surface area contributed by atoms with Crippen molar-refractivity contribution < 1.29 is 14.4 Å². The van der Waals surface area contributed by atoms with Gasteiger partial charge >= 0.3 is 0 Å². The van der Waals surface area contributed by atoms with Crippen LogP contribution in [0, 0.1) is 0 Å². The van der Waals surface area contributed by atoms with Gasteiger partial charge in [-0.15, -0.1) is 0 Å². The molecule has 32 heavy (non-hydrogen) atoms. The van der Waals surface area contributed by atoms with Crippen LogP contribution >= 0.6 is 0 Å². The van der Waals surface area contributed by atoms with E-state index in [1.807, 2.05) is 55.4 Å². The molecular weight excluding hydrogens is 402 g/mol. The van der Waals surface area contributed by atoms with Gasteiger partial charge < -0.3 is 10.2 Å². The number of rotatable bonds is 7. The Balaban J connectivity index is 1.51. The lowest BCUT2D eigenvalue weighted by atomic mass is 10.0. The van der Waals surface area contributed by atoms with E-state index in [9.17, 15) is 14.4 Å². The molecule has 0 radical (unpaired) electrons. The Morgan fingerprint density at radius 3 is 2.12 bits per heavy atom. The monoisotopic (exact) mass is 427 g/mol. The number of carbonyl (C=O) groups is 3. The molecule has 0 aliphatic carbocycles. The number of carbonyl (C=O) groups excluding carboxylic acids is 3. The number of imide groups is 1. The number of nitrogens with one attached hydrogen (secondary N) is 1. The summed E-state index contributed by atoms with van der Waals surface area (Å²) in [7, 11) is 3.93. The van der Waals surface area contributed by atoms with E-state index in [0.717, 1.165) is 11.1 Å². The fourth-order valence-corrected chi connectivity index (χ4v) is 3.90.